The third kappa shape index (κ3) is 3.58. The van der Waals surface area contributed by atoms with E-state index in [2.05, 4.69) is 4.98 Å². The standard InChI is InChI=1S/C19H19ClF3NO3/c1-3-4-5-9-18(27-11(2)25)17-12(8-10-26-18)15-13(19(21,22)23)6-7-14(20)16(15)24-17/h3-4,6-7,24H,5,8-10H2,1-2H3/b4-3+. The predicted molar refractivity (Wildman–Crippen MR) is 95.5 cm³/mol. The van der Waals surface area contributed by atoms with Crippen molar-refractivity contribution >= 4 is 28.5 Å². The number of carbonyl (C=O) groups excluding carboxylic acids is 1. The van der Waals surface area contributed by atoms with Crippen LogP contribution in [-0.2, 0) is 32.7 Å². The first-order chi connectivity index (χ1) is 12.7. The van der Waals surface area contributed by atoms with E-state index in [4.69, 9.17) is 21.1 Å². The van der Waals surface area contributed by atoms with Gasteiger partial charge in [-0.15, -0.1) is 0 Å². The lowest BCUT2D eigenvalue weighted by Crippen LogP contribution is -2.39. The van der Waals surface area contributed by atoms with E-state index in [1.165, 1.54) is 13.0 Å². The quantitative estimate of drug-likeness (QED) is 0.544. The Labute approximate surface area is 159 Å². The smallest absolute Gasteiger partial charge is 0.417 e. The highest BCUT2D eigenvalue weighted by molar-refractivity contribution is 6.35. The Morgan fingerprint density at radius 2 is 2.19 bits per heavy atom. The molecule has 1 aromatic carbocycles. The minimum atomic E-state index is -4.54. The van der Waals surface area contributed by atoms with Crippen molar-refractivity contribution in [2.24, 2.45) is 0 Å². The maximum absolute atomic E-state index is 13.6. The molecule has 1 N–H and O–H groups in total. The molecule has 0 radical (unpaired) electrons. The number of aromatic nitrogens is 1. The van der Waals surface area contributed by atoms with Gasteiger partial charge in [0.25, 0.3) is 5.79 Å². The number of hydrogen-bond acceptors (Lipinski definition) is 3. The highest BCUT2D eigenvalue weighted by Crippen LogP contribution is 2.46. The van der Waals surface area contributed by atoms with Gasteiger partial charge >= 0.3 is 12.1 Å². The number of benzene rings is 1. The Kier molecular flexibility index (Phi) is 5.27. The van der Waals surface area contributed by atoms with Gasteiger partial charge in [-0.3, -0.25) is 4.79 Å². The molecule has 0 bridgehead atoms. The van der Waals surface area contributed by atoms with E-state index >= 15 is 0 Å². The van der Waals surface area contributed by atoms with Gasteiger partial charge in [0.1, 0.15) is 0 Å². The van der Waals surface area contributed by atoms with Gasteiger partial charge in [-0.2, -0.15) is 13.2 Å². The van der Waals surface area contributed by atoms with Crippen LogP contribution in [0.5, 0.6) is 0 Å². The summed E-state index contributed by atoms with van der Waals surface area (Å²) in [5.41, 5.74) is 0.144. The van der Waals surface area contributed by atoms with E-state index in [0.29, 0.717) is 17.7 Å². The number of nitrogens with one attached hydrogen (secondary N) is 1. The fraction of sp³-hybridized carbons (Fsp3) is 0.421. The molecule has 8 heteroatoms. The van der Waals surface area contributed by atoms with E-state index in [0.717, 1.165) is 6.07 Å². The van der Waals surface area contributed by atoms with Gasteiger partial charge in [0.2, 0.25) is 0 Å². The summed E-state index contributed by atoms with van der Waals surface area (Å²) in [4.78, 5) is 14.7. The highest BCUT2D eigenvalue weighted by Gasteiger charge is 2.45. The molecule has 0 spiro atoms. The van der Waals surface area contributed by atoms with Crippen LogP contribution in [0.15, 0.2) is 24.3 Å². The van der Waals surface area contributed by atoms with Crippen LogP contribution in [0.2, 0.25) is 5.02 Å². The fourth-order valence-corrected chi connectivity index (χ4v) is 3.75. The van der Waals surface area contributed by atoms with Crippen LogP contribution < -0.4 is 0 Å². The van der Waals surface area contributed by atoms with Gasteiger partial charge in [-0.25, -0.2) is 0 Å². The van der Waals surface area contributed by atoms with Crippen molar-refractivity contribution in [2.75, 3.05) is 6.61 Å². The normalized spacial score (nSPS) is 20.2. The molecule has 2 heterocycles. The van der Waals surface area contributed by atoms with Gasteiger partial charge in [0, 0.05) is 18.7 Å². The highest BCUT2D eigenvalue weighted by atomic mass is 35.5. The largest absolute Gasteiger partial charge is 0.427 e. The zero-order chi connectivity index (χ0) is 19.8. The summed E-state index contributed by atoms with van der Waals surface area (Å²) in [6.07, 6.45) is 0.237. The number of esters is 1. The first-order valence-electron chi connectivity index (χ1n) is 8.55. The second-order valence-corrected chi connectivity index (χ2v) is 6.78. The Morgan fingerprint density at radius 3 is 2.81 bits per heavy atom. The van der Waals surface area contributed by atoms with Crippen molar-refractivity contribution in [1.29, 1.82) is 0 Å². The lowest BCUT2D eigenvalue weighted by Gasteiger charge is -2.36. The Morgan fingerprint density at radius 1 is 1.44 bits per heavy atom. The fourth-order valence-electron chi connectivity index (χ4n) is 3.54. The van der Waals surface area contributed by atoms with Crippen molar-refractivity contribution in [2.45, 2.75) is 45.1 Å². The number of rotatable bonds is 4. The number of halogens is 4. The number of ether oxygens (including phenoxy) is 2. The summed E-state index contributed by atoms with van der Waals surface area (Å²) in [5, 5.41) is 0.174. The monoisotopic (exact) mass is 401 g/mol. The summed E-state index contributed by atoms with van der Waals surface area (Å²) >= 11 is 6.17. The molecule has 0 amide bonds. The van der Waals surface area contributed by atoms with Crippen LogP contribution in [-0.4, -0.2) is 17.6 Å². The number of alkyl halides is 3. The minimum Gasteiger partial charge on any atom is -0.427 e. The lowest BCUT2D eigenvalue weighted by atomic mass is 9.94. The zero-order valence-electron chi connectivity index (χ0n) is 14.9. The molecule has 27 heavy (non-hydrogen) atoms. The molecule has 0 aliphatic carbocycles. The molecular formula is C19H19ClF3NO3. The van der Waals surface area contributed by atoms with Crippen molar-refractivity contribution in [1.82, 2.24) is 4.98 Å². The summed E-state index contributed by atoms with van der Waals surface area (Å²) in [7, 11) is 0. The second kappa shape index (κ2) is 7.20. The summed E-state index contributed by atoms with van der Waals surface area (Å²) in [6.45, 7) is 3.22. The van der Waals surface area contributed by atoms with E-state index in [1.807, 2.05) is 19.1 Å². The molecule has 1 aromatic heterocycles. The molecule has 0 saturated carbocycles. The van der Waals surface area contributed by atoms with Crippen molar-refractivity contribution in [3.05, 3.63) is 46.1 Å². The SMILES string of the molecule is C/C=C/CCC1(OC(C)=O)OCCc2c1[nH]c1c(Cl)ccc(C(F)(F)F)c21. The van der Waals surface area contributed by atoms with Crippen LogP contribution in [0.3, 0.4) is 0 Å². The summed E-state index contributed by atoms with van der Waals surface area (Å²) < 4.78 is 52.0. The molecule has 3 rings (SSSR count). The lowest BCUT2D eigenvalue weighted by molar-refractivity contribution is -0.247. The van der Waals surface area contributed by atoms with Gasteiger partial charge < -0.3 is 14.5 Å². The third-order valence-electron chi connectivity index (χ3n) is 4.57. The first kappa shape index (κ1) is 19.8. The van der Waals surface area contributed by atoms with Gasteiger partial charge in [-0.1, -0.05) is 23.8 Å². The maximum atomic E-state index is 13.6. The van der Waals surface area contributed by atoms with Crippen LogP contribution in [0.25, 0.3) is 10.9 Å². The van der Waals surface area contributed by atoms with Crippen molar-refractivity contribution < 1.29 is 27.4 Å². The average Bonchev–Trinajstić information content (AvgIpc) is 2.96. The molecule has 1 atom stereocenters. The molecule has 1 aliphatic heterocycles. The summed E-state index contributed by atoms with van der Waals surface area (Å²) in [6, 6.07) is 2.18. The van der Waals surface area contributed by atoms with E-state index in [1.54, 1.807) is 0 Å². The van der Waals surface area contributed by atoms with Crippen LogP contribution >= 0.6 is 11.6 Å². The molecule has 0 fully saturated rings. The molecule has 4 nitrogen and oxygen atoms in total. The third-order valence-corrected chi connectivity index (χ3v) is 4.88. The number of allylic oxidation sites excluding steroid dienone is 2. The Balaban J connectivity index is 2.26. The number of fused-ring (bicyclic) bond motifs is 3. The van der Waals surface area contributed by atoms with E-state index < -0.39 is 23.5 Å². The van der Waals surface area contributed by atoms with Gasteiger partial charge in [-0.05, 0) is 37.5 Å². The summed E-state index contributed by atoms with van der Waals surface area (Å²) in [5.74, 6) is -2.05. The topological polar surface area (TPSA) is 51.3 Å². The van der Waals surface area contributed by atoms with Gasteiger partial charge in [0.05, 0.1) is 28.4 Å². The predicted octanol–water partition coefficient (Wildman–Crippen LogP) is 5.49. The van der Waals surface area contributed by atoms with E-state index in [-0.39, 0.29) is 35.4 Å². The molecule has 0 saturated heterocycles. The van der Waals surface area contributed by atoms with Crippen LogP contribution in [0, 0.1) is 0 Å². The second-order valence-electron chi connectivity index (χ2n) is 6.37. The first-order valence-corrected chi connectivity index (χ1v) is 8.93. The van der Waals surface area contributed by atoms with E-state index in [9.17, 15) is 18.0 Å². The number of H-pyrrole nitrogens is 1. The number of aromatic amines is 1. The molecule has 1 unspecified atom stereocenters. The number of hydrogen-bond donors (Lipinski definition) is 1. The average molecular weight is 402 g/mol. The molecule has 2 aromatic rings. The Hall–Kier alpha value is -1.99. The van der Waals surface area contributed by atoms with Crippen molar-refractivity contribution in [3.8, 4) is 0 Å². The van der Waals surface area contributed by atoms with Gasteiger partial charge in [0.15, 0.2) is 0 Å². The molecule has 146 valence electrons. The van der Waals surface area contributed by atoms with Crippen LogP contribution in [0.1, 0.15) is 43.5 Å². The zero-order valence-corrected chi connectivity index (χ0v) is 15.6. The minimum absolute atomic E-state index is 0.0101. The Bertz CT molecular complexity index is 904. The van der Waals surface area contributed by atoms with Crippen LogP contribution in [0.4, 0.5) is 13.2 Å². The molecular weight excluding hydrogens is 383 g/mol. The van der Waals surface area contributed by atoms with Crippen molar-refractivity contribution in [3.63, 3.8) is 0 Å². The number of carbonyl (C=O) groups is 1. The maximum Gasteiger partial charge on any atom is 0.417 e. The molecule has 1 aliphatic rings.